The van der Waals surface area contributed by atoms with Gasteiger partial charge in [-0.3, -0.25) is 0 Å². The maximum absolute atomic E-state index is 14.8. The molecule has 0 aliphatic heterocycles. The maximum Gasteiger partial charge on any atom is 0.345 e. The van der Waals surface area contributed by atoms with Crippen LogP contribution in [0.3, 0.4) is 0 Å². The van der Waals surface area contributed by atoms with E-state index >= 15 is 0 Å². The molecule has 3 aromatic rings. The summed E-state index contributed by atoms with van der Waals surface area (Å²) in [6, 6.07) is 18.5. The maximum atomic E-state index is 14.8. The van der Waals surface area contributed by atoms with Gasteiger partial charge in [0, 0.05) is 5.56 Å². The van der Waals surface area contributed by atoms with E-state index in [0.717, 1.165) is 5.56 Å². The molecule has 0 bridgehead atoms. The molecule has 0 heterocycles. The van der Waals surface area contributed by atoms with Crippen molar-refractivity contribution in [3.05, 3.63) is 83.7 Å². The summed E-state index contributed by atoms with van der Waals surface area (Å²) >= 11 is 0. The standard InChI is InChI=1S/C21H17FO4/c1-25-16-9-7-14(8-10-16)13-26-21(24)19-18(23)12-11-17(20(19)22)15-5-3-2-4-6-15/h2-12,23H,13H2,1H3. The van der Waals surface area contributed by atoms with Gasteiger partial charge in [0.15, 0.2) is 0 Å². The minimum absolute atomic E-state index is 0.0444. The Hall–Kier alpha value is -3.34. The molecule has 0 saturated carbocycles. The van der Waals surface area contributed by atoms with Crippen molar-refractivity contribution in [3.63, 3.8) is 0 Å². The van der Waals surface area contributed by atoms with Gasteiger partial charge < -0.3 is 14.6 Å². The Morgan fingerprint density at radius 2 is 1.69 bits per heavy atom. The number of aromatic hydroxyl groups is 1. The number of halogens is 1. The van der Waals surface area contributed by atoms with E-state index in [4.69, 9.17) is 9.47 Å². The van der Waals surface area contributed by atoms with Crippen molar-refractivity contribution in [3.8, 4) is 22.6 Å². The third-order valence-corrected chi connectivity index (χ3v) is 3.94. The number of phenolic OH excluding ortho intramolecular Hbond substituents is 1. The van der Waals surface area contributed by atoms with Gasteiger partial charge in [-0.15, -0.1) is 0 Å². The fraction of sp³-hybridized carbons (Fsp3) is 0.0952. The molecule has 0 aromatic heterocycles. The number of ether oxygens (including phenoxy) is 2. The second kappa shape index (κ2) is 7.70. The number of hydrogen-bond donors (Lipinski definition) is 1. The summed E-state index contributed by atoms with van der Waals surface area (Å²) in [6.45, 7) is -0.0444. The fourth-order valence-corrected chi connectivity index (χ4v) is 2.54. The quantitative estimate of drug-likeness (QED) is 0.684. The fourth-order valence-electron chi connectivity index (χ4n) is 2.54. The monoisotopic (exact) mass is 352 g/mol. The van der Waals surface area contributed by atoms with Crippen LogP contribution in [-0.2, 0) is 11.3 Å². The summed E-state index contributed by atoms with van der Waals surface area (Å²) in [5.74, 6) is -1.51. The van der Waals surface area contributed by atoms with Crippen LogP contribution < -0.4 is 4.74 Å². The normalized spacial score (nSPS) is 10.4. The Labute approximate surface area is 150 Å². The summed E-state index contributed by atoms with van der Waals surface area (Å²) in [4.78, 5) is 12.3. The van der Waals surface area contributed by atoms with Crippen LogP contribution in [0.1, 0.15) is 15.9 Å². The molecule has 0 fully saturated rings. The third-order valence-electron chi connectivity index (χ3n) is 3.94. The van der Waals surface area contributed by atoms with Crippen LogP contribution in [0.15, 0.2) is 66.7 Å². The first-order chi connectivity index (χ1) is 12.6. The van der Waals surface area contributed by atoms with Gasteiger partial charge in [-0.05, 0) is 35.4 Å². The van der Waals surface area contributed by atoms with Crippen LogP contribution in [0.25, 0.3) is 11.1 Å². The highest BCUT2D eigenvalue weighted by Crippen LogP contribution is 2.31. The van der Waals surface area contributed by atoms with Crippen molar-refractivity contribution in [2.24, 2.45) is 0 Å². The van der Waals surface area contributed by atoms with E-state index in [1.165, 1.54) is 12.1 Å². The zero-order valence-corrected chi connectivity index (χ0v) is 14.1. The van der Waals surface area contributed by atoms with Gasteiger partial charge in [-0.25, -0.2) is 9.18 Å². The molecule has 26 heavy (non-hydrogen) atoms. The first-order valence-electron chi connectivity index (χ1n) is 7.97. The van der Waals surface area contributed by atoms with Crippen LogP contribution in [0.4, 0.5) is 4.39 Å². The van der Waals surface area contributed by atoms with E-state index in [2.05, 4.69) is 0 Å². The van der Waals surface area contributed by atoms with Crippen molar-refractivity contribution in [2.45, 2.75) is 6.61 Å². The molecule has 0 saturated heterocycles. The van der Waals surface area contributed by atoms with E-state index in [-0.39, 0.29) is 12.2 Å². The molecule has 3 rings (SSSR count). The van der Waals surface area contributed by atoms with Crippen LogP contribution in [-0.4, -0.2) is 18.2 Å². The lowest BCUT2D eigenvalue weighted by Crippen LogP contribution is -2.09. The molecule has 3 aromatic carbocycles. The highest BCUT2D eigenvalue weighted by atomic mass is 19.1. The van der Waals surface area contributed by atoms with Gasteiger partial charge in [0.05, 0.1) is 7.11 Å². The van der Waals surface area contributed by atoms with E-state index < -0.39 is 23.1 Å². The smallest absolute Gasteiger partial charge is 0.345 e. The Balaban J connectivity index is 1.82. The second-order valence-corrected chi connectivity index (χ2v) is 5.61. The molecule has 0 spiro atoms. The zero-order chi connectivity index (χ0) is 18.5. The van der Waals surface area contributed by atoms with Crippen LogP contribution in [0.5, 0.6) is 11.5 Å². The Bertz CT molecular complexity index is 905. The SMILES string of the molecule is COc1ccc(COC(=O)c2c(O)ccc(-c3ccccc3)c2F)cc1. The first-order valence-corrected chi connectivity index (χ1v) is 7.97. The van der Waals surface area contributed by atoms with Crippen LogP contribution in [0.2, 0.25) is 0 Å². The Kier molecular flexibility index (Phi) is 5.17. The van der Waals surface area contributed by atoms with Crippen molar-refractivity contribution in [2.75, 3.05) is 7.11 Å². The number of benzene rings is 3. The van der Waals surface area contributed by atoms with Crippen molar-refractivity contribution in [1.82, 2.24) is 0 Å². The molecule has 1 N–H and O–H groups in total. The van der Waals surface area contributed by atoms with E-state index in [9.17, 15) is 14.3 Å². The molecule has 0 unspecified atom stereocenters. The molecule has 0 amide bonds. The number of hydrogen-bond acceptors (Lipinski definition) is 4. The van der Waals surface area contributed by atoms with E-state index in [0.29, 0.717) is 11.3 Å². The summed E-state index contributed by atoms with van der Waals surface area (Å²) in [5, 5.41) is 9.94. The molecular weight excluding hydrogens is 335 g/mol. The van der Waals surface area contributed by atoms with E-state index in [1.54, 1.807) is 55.6 Å². The van der Waals surface area contributed by atoms with Gasteiger partial charge in [0.2, 0.25) is 0 Å². The number of carbonyl (C=O) groups is 1. The summed E-state index contributed by atoms with van der Waals surface area (Å²) in [6.07, 6.45) is 0. The molecule has 0 radical (unpaired) electrons. The number of esters is 1. The number of methoxy groups -OCH3 is 1. The molecule has 132 valence electrons. The van der Waals surface area contributed by atoms with Gasteiger partial charge in [0.25, 0.3) is 0 Å². The van der Waals surface area contributed by atoms with Gasteiger partial charge in [-0.1, -0.05) is 42.5 Å². The number of carbonyl (C=O) groups excluding carboxylic acids is 1. The zero-order valence-electron chi connectivity index (χ0n) is 14.1. The molecule has 0 aliphatic carbocycles. The summed E-state index contributed by atoms with van der Waals surface area (Å²) < 4.78 is 25.0. The minimum Gasteiger partial charge on any atom is -0.507 e. The summed E-state index contributed by atoms with van der Waals surface area (Å²) in [7, 11) is 1.56. The lowest BCUT2D eigenvalue weighted by molar-refractivity contribution is 0.0464. The van der Waals surface area contributed by atoms with Gasteiger partial charge in [0.1, 0.15) is 29.5 Å². The van der Waals surface area contributed by atoms with Gasteiger partial charge >= 0.3 is 5.97 Å². The van der Waals surface area contributed by atoms with Crippen molar-refractivity contribution in [1.29, 1.82) is 0 Å². The third kappa shape index (κ3) is 3.67. The lowest BCUT2D eigenvalue weighted by Gasteiger charge is -2.11. The number of phenols is 1. The minimum atomic E-state index is -0.923. The largest absolute Gasteiger partial charge is 0.507 e. The average Bonchev–Trinajstić information content (AvgIpc) is 2.67. The highest BCUT2D eigenvalue weighted by molar-refractivity contribution is 5.94. The van der Waals surface area contributed by atoms with Crippen LogP contribution in [0, 0.1) is 5.82 Å². The summed E-state index contributed by atoms with van der Waals surface area (Å²) in [5.41, 5.74) is 1.08. The predicted octanol–water partition coefficient (Wildman–Crippen LogP) is 4.56. The topological polar surface area (TPSA) is 55.8 Å². The number of rotatable bonds is 5. The lowest BCUT2D eigenvalue weighted by atomic mass is 10.0. The predicted molar refractivity (Wildman–Crippen MR) is 95.6 cm³/mol. The Morgan fingerprint density at radius 3 is 2.35 bits per heavy atom. The average molecular weight is 352 g/mol. The van der Waals surface area contributed by atoms with Crippen molar-refractivity contribution < 1.29 is 23.8 Å². The molecule has 0 atom stereocenters. The van der Waals surface area contributed by atoms with Crippen molar-refractivity contribution >= 4 is 5.97 Å². The molecule has 0 aliphatic rings. The highest BCUT2D eigenvalue weighted by Gasteiger charge is 2.22. The molecular formula is C21H17FO4. The van der Waals surface area contributed by atoms with E-state index in [1.807, 2.05) is 6.07 Å². The van der Waals surface area contributed by atoms with Crippen LogP contribution >= 0.6 is 0 Å². The Morgan fingerprint density at radius 1 is 1.00 bits per heavy atom. The van der Waals surface area contributed by atoms with Gasteiger partial charge in [-0.2, -0.15) is 0 Å². The second-order valence-electron chi connectivity index (χ2n) is 5.61. The first kappa shape index (κ1) is 17.5. The molecule has 4 nitrogen and oxygen atoms in total. The molecule has 5 heteroatoms.